The van der Waals surface area contributed by atoms with Crippen molar-refractivity contribution in [3.63, 3.8) is 0 Å². The molecule has 0 saturated carbocycles. The summed E-state index contributed by atoms with van der Waals surface area (Å²) in [7, 11) is 0. The number of nitrogen functional groups attached to an aromatic ring is 1. The molecule has 1 aromatic rings. The second kappa shape index (κ2) is 6.54. The number of hydrogen-bond donors (Lipinski definition) is 1. The summed E-state index contributed by atoms with van der Waals surface area (Å²) in [6.07, 6.45) is 5.01. The molecular weight excluding hydrogens is 272 g/mol. The normalized spacial score (nSPS) is 10.4. The summed E-state index contributed by atoms with van der Waals surface area (Å²) in [6.45, 7) is 0. The largest absolute Gasteiger partial charge is 0.398 e. The quantitative estimate of drug-likeness (QED) is 0.397. The van der Waals surface area contributed by atoms with Crippen molar-refractivity contribution >= 4 is 39.5 Å². The van der Waals surface area contributed by atoms with E-state index in [2.05, 4.69) is 22.0 Å². The van der Waals surface area contributed by atoms with Gasteiger partial charge in [-0.15, -0.1) is 0 Å². The van der Waals surface area contributed by atoms with Crippen LogP contribution in [0, 0.1) is 10.7 Å². The van der Waals surface area contributed by atoms with E-state index in [4.69, 9.17) is 11.0 Å². The standard InChI is InChI=1S/C11H11BrN2S/c12-6-2-1-3-9-7-10(15-8-13)4-5-11(9)14/h1,3-5,7H,2,6,14H2. The van der Waals surface area contributed by atoms with Gasteiger partial charge in [0.1, 0.15) is 5.40 Å². The molecule has 0 aromatic heterocycles. The van der Waals surface area contributed by atoms with Crippen LogP contribution in [0.15, 0.2) is 29.2 Å². The molecule has 0 aliphatic carbocycles. The van der Waals surface area contributed by atoms with Gasteiger partial charge in [0.25, 0.3) is 0 Å². The Balaban J connectivity index is 2.86. The molecule has 0 atom stereocenters. The van der Waals surface area contributed by atoms with Crippen LogP contribution in [-0.2, 0) is 0 Å². The van der Waals surface area contributed by atoms with Gasteiger partial charge in [-0.25, -0.2) is 0 Å². The van der Waals surface area contributed by atoms with Crippen molar-refractivity contribution in [1.29, 1.82) is 5.26 Å². The number of benzene rings is 1. The molecule has 78 valence electrons. The molecule has 1 aromatic carbocycles. The maximum Gasteiger partial charge on any atom is 0.138 e. The van der Waals surface area contributed by atoms with Gasteiger partial charge in [-0.05, 0) is 41.9 Å². The monoisotopic (exact) mass is 282 g/mol. The highest BCUT2D eigenvalue weighted by molar-refractivity contribution is 9.09. The number of nitriles is 1. The van der Waals surface area contributed by atoms with Crippen molar-refractivity contribution in [2.24, 2.45) is 0 Å². The first-order valence-electron chi connectivity index (χ1n) is 4.46. The second-order valence-corrected chi connectivity index (χ2v) is 4.52. The Bertz CT molecular complexity index is 396. The zero-order chi connectivity index (χ0) is 11.1. The summed E-state index contributed by atoms with van der Waals surface area (Å²) in [5, 5.41) is 11.5. The van der Waals surface area contributed by atoms with E-state index >= 15 is 0 Å². The minimum Gasteiger partial charge on any atom is -0.398 e. The highest BCUT2D eigenvalue weighted by atomic mass is 79.9. The van der Waals surface area contributed by atoms with Crippen molar-refractivity contribution < 1.29 is 0 Å². The van der Waals surface area contributed by atoms with E-state index in [1.165, 1.54) is 0 Å². The van der Waals surface area contributed by atoms with E-state index < -0.39 is 0 Å². The van der Waals surface area contributed by atoms with E-state index in [0.29, 0.717) is 0 Å². The number of allylic oxidation sites excluding steroid dienone is 1. The fraction of sp³-hybridized carbons (Fsp3) is 0.182. The van der Waals surface area contributed by atoms with Crippen molar-refractivity contribution in [1.82, 2.24) is 0 Å². The Morgan fingerprint density at radius 1 is 1.53 bits per heavy atom. The third kappa shape index (κ3) is 3.98. The van der Waals surface area contributed by atoms with Crippen LogP contribution >= 0.6 is 27.7 Å². The summed E-state index contributed by atoms with van der Waals surface area (Å²) < 4.78 is 0. The Labute approximate surface area is 102 Å². The summed E-state index contributed by atoms with van der Waals surface area (Å²) in [4.78, 5) is 0.921. The van der Waals surface area contributed by atoms with Gasteiger partial charge in [-0.1, -0.05) is 28.1 Å². The van der Waals surface area contributed by atoms with Crippen LogP contribution in [0.2, 0.25) is 0 Å². The SMILES string of the molecule is N#CSc1ccc(N)c(C=CCCBr)c1. The Hall–Kier alpha value is -0.920. The van der Waals surface area contributed by atoms with Crippen LogP contribution in [-0.4, -0.2) is 5.33 Å². The lowest BCUT2D eigenvalue weighted by Gasteiger charge is -2.01. The lowest BCUT2D eigenvalue weighted by atomic mass is 10.1. The van der Waals surface area contributed by atoms with E-state index in [9.17, 15) is 0 Å². The van der Waals surface area contributed by atoms with Crippen LogP contribution in [0.25, 0.3) is 6.08 Å². The third-order valence-corrected chi connectivity index (χ3v) is 2.83. The first-order valence-corrected chi connectivity index (χ1v) is 6.39. The van der Waals surface area contributed by atoms with E-state index in [-0.39, 0.29) is 0 Å². The Kier molecular flexibility index (Phi) is 5.30. The number of anilines is 1. The van der Waals surface area contributed by atoms with Gasteiger partial charge < -0.3 is 5.73 Å². The molecule has 0 spiro atoms. The van der Waals surface area contributed by atoms with Crippen LogP contribution in [0.4, 0.5) is 5.69 Å². The predicted octanol–water partition coefficient (Wildman–Crippen LogP) is 3.64. The van der Waals surface area contributed by atoms with Gasteiger partial charge in [0.15, 0.2) is 0 Å². The number of alkyl halides is 1. The molecule has 2 N–H and O–H groups in total. The molecule has 15 heavy (non-hydrogen) atoms. The second-order valence-electron chi connectivity index (χ2n) is 2.86. The van der Waals surface area contributed by atoms with Gasteiger partial charge in [0.2, 0.25) is 0 Å². The number of hydrogen-bond acceptors (Lipinski definition) is 3. The lowest BCUT2D eigenvalue weighted by Crippen LogP contribution is -1.89. The van der Waals surface area contributed by atoms with E-state index in [1.807, 2.05) is 29.7 Å². The van der Waals surface area contributed by atoms with Crippen molar-refractivity contribution in [3.05, 3.63) is 29.8 Å². The van der Waals surface area contributed by atoms with Crippen LogP contribution in [0.3, 0.4) is 0 Å². The Morgan fingerprint density at radius 3 is 3.00 bits per heavy atom. The number of thiocyanates is 1. The number of nitrogens with two attached hydrogens (primary N) is 1. The van der Waals surface area contributed by atoms with Gasteiger partial charge in [0, 0.05) is 15.9 Å². The molecule has 0 fully saturated rings. The molecule has 0 bridgehead atoms. The maximum absolute atomic E-state index is 8.55. The zero-order valence-corrected chi connectivity index (χ0v) is 10.5. The summed E-state index contributed by atoms with van der Waals surface area (Å²) >= 11 is 4.50. The number of rotatable bonds is 4. The summed E-state index contributed by atoms with van der Waals surface area (Å²) in [6, 6.07) is 5.60. The van der Waals surface area contributed by atoms with Gasteiger partial charge in [-0.3, -0.25) is 0 Å². The molecule has 0 aliphatic rings. The topological polar surface area (TPSA) is 49.8 Å². The van der Waals surface area contributed by atoms with Crippen LogP contribution < -0.4 is 5.73 Å². The molecule has 0 saturated heterocycles. The van der Waals surface area contributed by atoms with Gasteiger partial charge in [-0.2, -0.15) is 5.26 Å². The van der Waals surface area contributed by atoms with Gasteiger partial charge in [0.05, 0.1) is 0 Å². The smallest absolute Gasteiger partial charge is 0.138 e. The van der Waals surface area contributed by atoms with Crippen molar-refractivity contribution in [3.8, 4) is 5.40 Å². The highest BCUT2D eigenvalue weighted by Gasteiger charge is 1.98. The number of nitrogens with zero attached hydrogens (tertiary/aromatic N) is 1. The Morgan fingerprint density at radius 2 is 2.33 bits per heavy atom. The molecule has 0 amide bonds. The van der Waals surface area contributed by atoms with Crippen LogP contribution in [0.5, 0.6) is 0 Å². The number of thioether (sulfide) groups is 1. The van der Waals surface area contributed by atoms with Crippen molar-refractivity contribution in [2.45, 2.75) is 11.3 Å². The maximum atomic E-state index is 8.55. The molecule has 4 heteroatoms. The minimum absolute atomic E-state index is 0.739. The molecule has 0 unspecified atom stereocenters. The average molecular weight is 283 g/mol. The van der Waals surface area contributed by atoms with Crippen LogP contribution in [0.1, 0.15) is 12.0 Å². The predicted molar refractivity (Wildman–Crippen MR) is 69.8 cm³/mol. The first-order chi connectivity index (χ1) is 7.27. The summed E-state index contributed by atoms with van der Waals surface area (Å²) in [5.41, 5.74) is 7.52. The summed E-state index contributed by atoms with van der Waals surface area (Å²) in [5.74, 6) is 0. The molecule has 0 aliphatic heterocycles. The van der Waals surface area contributed by atoms with Crippen molar-refractivity contribution in [2.75, 3.05) is 11.1 Å². The highest BCUT2D eigenvalue weighted by Crippen LogP contribution is 2.23. The van der Waals surface area contributed by atoms with E-state index in [1.54, 1.807) is 0 Å². The fourth-order valence-electron chi connectivity index (χ4n) is 1.09. The third-order valence-electron chi connectivity index (χ3n) is 1.79. The molecule has 2 nitrogen and oxygen atoms in total. The number of halogens is 1. The average Bonchev–Trinajstić information content (AvgIpc) is 2.23. The van der Waals surface area contributed by atoms with E-state index in [0.717, 1.165) is 39.7 Å². The molecule has 0 heterocycles. The minimum atomic E-state index is 0.739. The first kappa shape index (κ1) is 12.2. The zero-order valence-electron chi connectivity index (χ0n) is 8.11. The van der Waals surface area contributed by atoms with Gasteiger partial charge >= 0.3 is 0 Å². The molecule has 1 rings (SSSR count). The lowest BCUT2D eigenvalue weighted by molar-refractivity contribution is 1.27. The molecule has 0 radical (unpaired) electrons. The molecular formula is C11H11BrN2S. The fourth-order valence-corrected chi connectivity index (χ4v) is 1.78.